The Morgan fingerprint density at radius 1 is 1.29 bits per heavy atom. The molecule has 0 saturated carbocycles. The molecule has 0 amide bonds. The Hall–Kier alpha value is -3.10. The van der Waals surface area contributed by atoms with Crippen molar-refractivity contribution in [3.8, 4) is 5.82 Å². The first kappa shape index (κ1) is 15.8. The lowest BCUT2D eigenvalue weighted by Crippen LogP contribution is -2.21. The second kappa shape index (κ2) is 5.84. The van der Waals surface area contributed by atoms with Gasteiger partial charge in [-0.1, -0.05) is 5.16 Å². The molecule has 3 aromatic rings. The van der Waals surface area contributed by atoms with Gasteiger partial charge in [-0.05, 0) is 25.1 Å². The van der Waals surface area contributed by atoms with Crippen molar-refractivity contribution in [2.24, 2.45) is 0 Å². The fourth-order valence-electron chi connectivity index (χ4n) is 2.29. The molecule has 0 atom stereocenters. The van der Waals surface area contributed by atoms with Crippen molar-refractivity contribution in [2.45, 2.75) is 13.8 Å². The number of halogens is 2. The number of fused-ring (bicyclic) bond motifs is 1. The van der Waals surface area contributed by atoms with Crippen LogP contribution < -0.4 is 5.43 Å². The van der Waals surface area contributed by atoms with Crippen molar-refractivity contribution in [1.29, 1.82) is 0 Å². The van der Waals surface area contributed by atoms with Crippen LogP contribution in [0.2, 0.25) is 0 Å². The van der Waals surface area contributed by atoms with Crippen molar-refractivity contribution in [3.63, 3.8) is 0 Å². The summed E-state index contributed by atoms with van der Waals surface area (Å²) in [4.78, 5) is 24.5. The molecular formula is C15H11F2N3O4. The van der Waals surface area contributed by atoms with Gasteiger partial charge in [-0.15, -0.1) is 0 Å². The number of carbonyl (C=O) groups is 1. The van der Waals surface area contributed by atoms with Gasteiger partial charge < -0.3 is 4.74 Å². The van der Waals surface area contributed by atoms with Crippen LogP contribution in [0.3, 0.4) is 0 Å². The molecule has 1 aromatic carbocycles. The highest BCUT2D eigenvalue weighted by Crippen LogP contribution is 2.21. The molecular weight excluding hydrogens is 324 g/mol. The predicted molar refractivity (Wildman–Crippen MR) is 78.0 cm³/mol. The fourth-order valence-corrected chi connectivity index (χ4v) is 2.29. The first-order chi connectivity index (χ1) is 11.4. The third-order valence-electron chi connectivity index (χ3n) is 3.40. The smallest absolute Gasteiger partial charge is 0.343 e. The molecule has 0 unspecified atom stereocenters. The van der Waals surface area contributed by atoms with Crippen LogP contribution in [0.4, 0.5) is 8.78 Å². The normalized spacial score (nSPS) is 11.0. The molecule has 2 aromatic heterocycles. The maximum absolute atomic E-state index is 13.6. The number of hydrogen-bond donors (Lipinski definition) is 0. The molecule has 124 valence electrons. The SMILES string of the molecule is CCOC(=O)c1cn(-c2nonc2C)c2cc(F)c(F)cc2c1=O. The van der Waals surface area contributed by atoms with Gasteiger partial charge in [0.2, 0.25) is 11.2 Å². The van der Waals surface area contributed by atoms with E-state index in [1.54, 1.807) is 13.8 Å². The van der Waals surface area contributed by atoms with Crippen LogP contribution in [0.25, 0.3) is 16.7 Å². The van der Waals surface area contributed by atoms with E-state index >= 15 is 0 Å². The highest BCUT2D eigenvalue weighted by molar-refractivity contribution is 5.94. The number of ether oxygens (including phenoxy) is 1. The fraction of sp³-hybridized carbons (Fsp3) is 0.200. The molecule has 0 radical (unpaired) electrons. The van der Waals surface area contributed by atoms with Gasteiger partial charge >= 0.3 is 5.97 Å². The third-order valence-corrected chi connectivity index (χ3v) is 3.40. The zero-order valence-corrected chi connectivity index (χ0v) is 12.7. The zero-order valence-electron chi connectivity index (χ0n) is 12.7. The third kappa shape index (κ3) is 2.43. The largest absolute Gasteiger partial charge is 0.462 e. The van der Waals surface area contributed by atoms with E-state index in [9.17, 15) is 18.4 Å². The lowest BCUT2D eigenvalue weighted by molar-refractivity contribution is 0.0524. The lowest BCUT2D eigenvalue weighted by Gasteiger charge is -2.11. The van der Waals surface area contributed by atoms with Crippen LogP contribution in [0.15, 0.2) is 27.8 Å². The van der Waals surface area contributed by atoms with E-state index in [0.29, 0.717) is 5.69 Å². The molecule has 0 N–H and O–H groups in total. The lowest BCUT2D eigenvalue weighted by atomic mass is 10.1. The molecule has 24 heavy (non-hydrogen) atoms. The summed E-state index contributed by atoms with van der Waals surface area (Å²) in [6, 6.07) is 1.57. The van der Waals surface area contributed by atoms with Crippen molar-refractivity contribution in [1.82, 2.24) is 14.9 Å². The number of benzene rings is 1. The van der Waals surface area contributed by atoms with E-state index in [1.165, 1.54) is 4.57 Å². The first-order valence-corrected chi connectivity index (χ1v) is 6.95. The number of pyridine rings is 1. The second-order valence-corrected chi connectivity index (χ2v) is 4.92. The highest BCUT2D eigenvalue weighted by atomic mass is 19.2. The number of rotatable bonds is 3. The van der Waals surface area contributed by atoms with Crippen LogP contribution >= 0.6 is 0 Å². The van der Waals surface area contributed by atoms with Gasteiger partial charge in [-0.3, -0.25) is 9.36 Å². The van der Waals surface area contributed by atoms with Gasteiger partial charge in [0.05, 0.1) is 17.5 Å². The summed E-state index contributed by atoms with van der Waals surface area (Å²) in [6.07, 6.45) is 1.15. The summed E-state index contributed by atoms with van der Waals surface area (Å²) < 4.78 is 37.9. The Morgan fingerprint density at radius 3 is 2.62 bits per heavy atom. The van der Waals surface area contributed by atoms with E-state index in [1.807, 2.05) is 0 Å². The van der Waals surface area contributed by atoms with Crippen LogP contribution in [-0.2, 0) is 4.74 Å². The quantitative estimate of drug-likeness (QED) is 0.682. The number of carbonyl (C=O) groups excluding carboxylic acids is 1. The van der Waals surface area contributed by atoms with Crippen molar-refractivity contribution in [2.75, 3.05) is 6.61 Å². The standard InChI is InChI=1S/C15H11F2N3O4/c1-3-23-15(22)9-6-20(14-7(2)18-24-19-14)12-5-11(17)10(16)4-8(12)13(9)21/h4-6H,3H2,1-2H3. The van der Waals surface area contributed by atoms with E-state index < -0.39 is 23.0 Å². The molecule has 0 aliphatic heterocycles. The average molecular weight is 335 g/mol. The topological polar surface area (TPSA) is 87.2 Å². The Balaban J connectivity index is 2.43. The number of nitrogens with zero attached hydrogens (tertiary/aromatic N) is 3. The zero-order chi connectivity index (χ0) is 17.4. The van der Waals surface area contributed by atoms with Crippen LogP contribution in [0.1, 0.15) is 23.0 Å². The first-order valence-electron chi connectivity index (χ1n) is 6.95. The summed E-state index contributed by atoms with van der Waals surface area (Å²) in [5.74, 6) is -3.09. The molecule has 0 saturated heterocycles. The molecule has 0 aliphatic carbocycles. The molecule has 0 aliphatic rings. The Bertz CT molecular complexity index is 1010. The minimum absolute atomic E-state index is 0.0192. The number of esters is 1. The van der Waals surface area contributed by atoms with E-state index in [4.69, 9.17) is 4.74 Å². The molecule has 0 spiro atoms. The summed E-state index contributed by atoms with van der Waals surface area (Å²) >= 11 is 0. The second-order valence-electron chi connectivity index (χ2n) is 4.92. The van der Waals surface area contributed by atoms with Gasteiger partial charge in [0.1, 0.15) is 11.3 Å². The van der Waals surface area contributed by atoms with Crippen molar-refractivity contribution >= 4 is 16.9 Å². The van der Waals surface area contributed by atoms with E-state index in [2.05, 4.69) is 14.9 Å². The number of aryl methyl sites for hydroxylation is 1. The average Bonchev–Trinajstić information content (AvgIpc) is 2.96. The van der Waals surface area contributed by atoms with Crippen molar-refractivity contribution < 1.29 is 22.9 Å². The summed E-state index contributed by atoms with van der Waals surface area (Å²) in [5, 5.41) is 7.08. The Kier molecular flexibility index (Phi) is 3.84. The van der Waals surface area contributed by atoms with Crippen molar-refractivity contribution in [3.05, 3.63) is 51.4 Å². The van der Waals surface area contributed by atoms with E-state index in [0.717, 1.165) is 18.3 Å². The maximum Gasteiger partial charge on any atom is 0.343 e. The van der Waals surface area contributed by atoms with Gasteiger partial charge in [0.25, 0.3) is 0 Å². The minimum Gasteiger partial charge on any atom is -0.462 e. The van der Waals surface area contributed by atoms with Crippen LogP contribution in [0.5, 0.6) is 0 Å². The summed E-state index contributed by atoms with van der Waals surface area (Å²) in [7, 11) is 0. The predicted octanol–water partition coefficient (Wildman–Crippen LogP) is 2.14. The summed E-state index contributed by atoms with van der Waals surface area (Å²) in [5.41, 5.74) is -0.754. The Labute approximate surface area is 133 Å². The minimum atomic E-state index is -1.21. The molecule has 0 fully saturated rings. The number of hydrogen-bond acceptors (Lipinski definition) is 6. The maximum atomic E-state index is 13.6. The molecule has 0 bridgehead atoms. The molecule has 3 rings (SSSR count). The number of aromatic nitrogens is 3. The monoisotopic (exact) mass is 335 g/mol. The molecule has 7 nitrogen and oxygen atoms in total. The van der Waals surface area contributed by atoms with Crippen LogP contribution in [-0.4, -0.2) is 27.5 Å². The van der Waals surface area contributed by atoms with E-state index in [-0.39, 0.29) is 28.9 Å². The van der Waals surface area contributed by atoms with Crippen LogP contribution in [0, 0.1) is 18.6 Å². The molecule has 2 heterocycles. The highest BCUT2D eigenvalue weighted by Gasteiger charge is 2.21. The van der Waals surface area contributed by atoms with Gasteiger partial charge in [0, 0.05) is 12.3 Å². The molecule has 9 heteroatoms. The Morgan fingerprint density at radius 2 is 2.00 bits per heavy atom. The van der Waals surface area contributed by atoms with Gasteiger partial charge in [-0.2, -0.15) is 0 Å². The van der Waals surface area contributed by atoms with Gasteiger partial charge in [-0.25, -0.2) is 18.2 Å². The summed E-state index contributed by atoms with van der Waals surface area (Å²) in [6.45, 7) is 3.20. The van der Waals surface area contributed by atoms with Gasteiger partial charge in [0.15, 0.2) is 11.6 Å².